The van der Waals surface area contributed by atoms with E-state index in [9.17, 15) is 15.0 Å². The second-order valence-corrected chi connectivity index (χ2v) is 6.62. The van der Waals surface area contributed by atoms with Crippen LogP contribution in [0, 0.1) is 12.3 Å². The van der Waals surface area contributed by atoms with Crippen LogP contribution in [0.2, 0.25) is 0 Å². The van der Waals surface area contributed by atoms with Crippen LogP contribution in [-0.4, -0.2) is 41.9 Å². The van der Waals surface area contributed by atoms with Crippen LogP contribution in [0.4, 0.5) is 5.95 Å². The molecule has 2 aromatic heterocycles. The van der Waals surface area contributed by atoms with Crippen molar-refractivity contribution in [3.8, 4) is 0 Å². The lowest BCUT2D eigenvalue weighted by Crippen LogP contribution is -2.38. The Morgan fingerprint density at radius 3 is 2.79 bits per heavy atom. The number of aromatic nitrogens is 4. The molecule has 184 valence electrons. The van der Waals surface area contributed by atoms with E-state index >= 15 is 0 Å². The van der Waals surface area contributed by atoms with Gasteiger partial charge in [-0.2, -0.15) is 4.98 Å². The van der Waals surface area contributed by atoms with E-state index in [-0.39, 0.29) is 56.0 Å². The van der Waals surface area contributed by atoms with Gasteiger partial charge < -0.3 is 20.5 Å². The molecule has 1 unspecified atom stereocenters. The third kappa shape index (κ3) is 2.10. The number of anilines is 1. The number of aliphatic hydroxyl groups excluding tert-OH is 2. The summed E-state index contributed by atoms with van der Waals surface area (Å²) < 4.78 is 1.83. The highest BCUT2D eigenvalue weighted by molar-refractivity contribution is 5.72. The van der Waals surface area contributed by atoms with Crippen LogP contribution in [-0.2, 0) is 0 Å². The molecule has 1 fully saturated rings. The molecule has 0 amide bonds. The van der Waals surface area contributed by atoms with E-state index in [2.05, 4.69) is 15.0 Å². The van der Waals surface area contributed by atoms with Crippen molar-refractivity contribution >= 4 is 17.1 Å². The van der Waals surface area contributed by atoms with Crippen LogP contribution in [0.1, 0.15) is 77.6 Å². The smallest absolute Gasteiger partial charge is 0.280 e. The second-order valence-electron chi connectivity index (χ2n) is 6.62. The van der Waals surface area contributed by atoms with Crippen molar-refractivity contribution in [1.29, 1.82) is 0 Å². The van der Waals surface area contributed by atoms with Crippen molar-refractivity contribution in [2.75, 3.05) is 5.73 Å². The lowest BCUT2D eigenvalue weighted by atomic mass is 9.77. The number of aromatic amines is 1. The van der Waals surface area contributed by atoms with Gasteiger partial charge in [-0.05, 0) is 32.8 Å². The van der Waals surface area contributed by atoms with Crippen molar-refractivity contribution in [1.82, 2.24) is 19.5 Å². The zero-order chi connectivity index (χ0) is 17.8. The molecule has 0 aliphatic heterocycles. The number of aliphatic hydroxyl groups is 2. The molecule has 3 rings (SSSR count). The van der Waals surface area contributed by atoms with Gasteiger partial charge in [-0.25, -0.2) is 4.98 Å². The molecule has 1 aliphatic carbocycles. The van der Waals surface area contributed by atoms with Gasteiger partial charge in [0.2, 0.25) is 5.95 Å². The van der Waals surface area contributed by atoms with Gasteiger partial charge in [0.25, 0.3) is 5.56 Å². The summed E-state index contributed by atoms with van der Waals surface area (Å²) in [5, 5.41) is 20.9. The molecule has 0 aromatic carbocycles. The molecule has 1 aliphatic rings. The van der Waals surface area contributed by atoms with Crippen LogP contribution in [0.15, 0.2) is 16.4 Å². The summed E-state index contributed by atoms with van der Waals surface area (Å²) in [6.45, 7) is 7.19. The van der Waals surface area contributed by atoms with Crippen molar-refractivity contribution in [2.24, 2.45) is 5.41 Å². The van der Waals surface area contributed by atoms with E-state index < -0.39 is 23.2 Å². The minimum atomic E-state index is -0.769. The predicted octanol–water partition coefficient (Wildman–Crippen LogP) is 7.29. The van der Waals surface area contributed by atoms with E-state index in [0.717, 1.165) is 5.57 Å². The van der Waals surface area contributed by atoms with Crippen LogP contribution >= 0.6 is 0 Å². The molecule has 8 nitrogen and oxygen atoms in total. The summed E-state index contributed by atoms with van der Waals surface area (Å²) in [6, 6.07) is -0.247. The third-order valence-corrected chi connectivity index (χ3v) is 5.36. The molecule has 1 saturated carbocycles. The molecule has 2 heterocycles. The lowest BCUT2D eigenvalue weighted by molar-refractivity contribution is -0.00933. The highest BCUT2D eigenvalue weighted by Gasteiger charge is 2.51. The van der Waals surface area contributed by atoms with E-state index in [1.807, 2.05) is 24.5 Å². The van der Waals surface area contributed by atoms with Crippen molar-refractivity contribution in [3.63, 3.8) is 0 Å². The molecule has 0 radical (unpaired) electrons. The normalized spacial score (nSPS) is 30.3. The monoisotopic (exact) mass is 388 g/mol. The first kappa shape index (κ1) is 16.7. The molecular formula is C16H77N5O3. The number of aryl methyl sites for hydroxylation is 1. The number of rotatable bonds is 2. The summed E-state index contributed by atoms with van der Waals surface area (Å²) in [6.07, 6.45) is 0.877. The van der Waals surface area contributed by atoms with Crippen LogP contribution < -0.4 is 11.3 Å². The molecule has 0 spiro atoms. The van der Waals surface area contributed by atoms with E-state index in [4.69, 9.17) is 5.73 Å². The zero-order valence-corrected chi connectivity index (χ0v) is 14.2. The quantitative estimate of drug-likeness (QED) is 0.400. The number of H-pyrrole nitrogens is 1. The molecule has 4 atom stereocenters. The number of fused-ring (bicyclic) bond motifs is 1. The maximum Gasteiger partial charge on any atom is 0.280 e. The average molecular weight is 388 g/mol. The Hall–Kier alpha value is -2.19. The largest absolute Gasteiger partial charge is 0.392 e. The zero-order valence-electron chi connectivity index (χ0n) is 14.2. The number of hydrogen-bond donors (Lipinski definition) is 4. The Balaban J connectivity index is -0.0000000109. The fourth-order valence-corrected chi connectivity index (χ4v) is 3.89. The Kier molecular flexibility index (Phi) is 3.76. The maximum absolute atomic E-state index is 12.1. The lowest BCUT2D eigenvalue weighted by Gasteiger charge is -2.33. The van der Waals surface area contributed by atoms with E-state index in [0.29, 0.717) is 17.9 Å². The van der Waals surface area contributed by atoms with Gasteiger partial charge >= 0.3 is 0 Å². The Labute approximate surface area is 179 Å². The number of hydrogen-bond acceptors (Lipinski definition) is 6. The van der Waals surface area contributed by atoms with Gasteiger partial charge in [0.1, 0.15) is 5.82 Å². The minimum Gasteiger partial charge on any atom is -0.392 e. The van der Waals surface area contributed by atoms with E-state index in [1.165, 1.54) is 0 Å². The first-order valence-corrected chi connectivity index (χ1v) is 7.98. The first-order chi connectivity index (χ1) is 11.2. The highest BCUT2D eigenvalue weighted by atomic mass is 16.3. The topological polar surface area (TPSA) is 130 Å². The summed E-state index contributed by atoms with van der Waals surface area (Å²) in [7, 11) is 0. The standard InChI is InChI=1S/C16H23N5O3.27H2/c1-5-9-10(6-11(23)16(9,4)7(2)22)21-8(3)18-12-13(21)19-15(17)20-14(12)24;;;;;;;;;;;;;;;;;;;;;;;;;;;/h5,7,10-11,22-23H,6H2,1-4H3,(H3,17,19,20,24);27*1H/b9-5-;;;;;;;;;;;;;;;;;;;;;;;;;;;/t7?,10-,11-,16-;;;;;;;;;;;;;;;;;;;;;;;;;;;/m0.........................../s1. The molecule has 0 saturated heterocycles. The summed E-state index contributed by atoms with van der Waals surface area (Å²) in [5.74, 6) is 0.632. The molecule has 24 heavy (non-hydrogen) atoms. The summed E-state index contributed by atoms with van der Waals surface area (Å²) in [5.41, 5.74) is 6.03. The Bertz CT molecular complexity index is 933. The second kappa shape index (κ2) is 5.42. The molecular weight excluding hydrogens is 310 g/mol. The number of nitrogen functional groups attached to an aromatic ring is 1. The fourth-order valence-electron chi connectivity index (χ4n) is 3.89. The van der Waals surface area contributed by atoms with Gasteiger partial charge in [-0.3, -0.25) is 9.78 Å². The average Bonchev–Trinajstić information content (AvgIpc) is 2.94. The number of nitrogens with two attached hydrogens (primary N) is 1. The predicted molar refractivity (Wildman–Crippen MR) is 148 cm³/mol. The number of nitrogens with one attached hydrogen (secondary N) is 1. The van der Waals surface area contributed by atoms with Crippen LogP contribution in [0.25, 0.3) is 11.2 Å². The Morgan fingerprint density at radius 1 is 1.54 bits per heavy atom. The van der Waals surface area contributed by atoms with Gasteiger partial charge in [0, 0.05) is 43.9 Å². The van der Waals surface area contributed by atoms with Gasteiger partial charge in [0.05, 0.1) is 18.2 Å². The molecule has 0 bridgehead atoms. The van der Waals surface area contributed by atoms with Crippen LogP contribution in [0.5, 0.6) is 0 Å². The minimum absolute atomic E-state index is 0. The SMILES string of the molecule is C/C=C1/[C@@H](n2c(C)nc3c(=O)[nH]c(N)nc32)C[C@H](O)[C@@]1(C)C(C)O.[HH].[HH].[HH].[HH].[HH].[HH].[HH].[HH].[HH].[HH].[HH].[HH].[HH].[HH].[HH].[HH].[HH].[HH].[HH].[HH].[HH].[HH].[HH].[HH].[HH].[HH].[HH]. The Morgan fingerprint density at radius 2 is 2.21 bits per heavy atom. The number of nitrogens with zero attached hydrogens (tertiary/aromatic N) is 3. The van der Waals surface area contributed by atoms with Crippen molar-refractivity contribution in [3.05, 3.63) is 27.8 Å². The molecule has 8 heteroatoms. The first-order valence-electron chi connectivity index (χ1n) is 7.98. The van der Waals surface area contributed by atoms with E-state index in [1.54, 1.807) is 13.8 Å². The molecule has 2 aromatic rings. The summed E-state index contributed by atoms with van der Waals surface area (Å²) >= 11 is 0. The molecule has 5 N–H and O–H groups in total. The van der Waals surface area contributed by atoms with Crippen LogP contribution in [0.3, 0.4) is 0 Å². The van der Waals surface area contributed by atoms with Crippen molar-refractivity contribution in [2.45, 2.75) is 52.4 Å². The van der Waals surface area contributed by atoms with Gasteiger partial charge in [-0.15, -0.1) is 0 Å². The number of allylic oxidation sites excluding steroid dienone is 1. The fraction of sp³-hybridized carbons (Fsp3) is 0.562. The maximum atomic E-state index is 12.1. The summed E-state index contributed by atoms with van der Waals surface area (Å²) in [4.78, 5) is 23.1. The van der Waals surface area contributed by atoms with Crippen molar-refractivity contribution < 1.29 is 48.7 Å². The van der Waals surface area contributed by atoms with Gasteiger partial charge in [-0.1, -0.05) is 13.0 Å². The number of imidazole rings is 1. The van der Waals surface area contributed by atoms with Gasteiger partial charge in [0.15, 0.2) is 11.2 Å². The third-order valence-electron chi connectivity index (χ3n) is 5.36. The highest BCUT2D eigenvalue weighted by Crippen LogP contribution is 2.51.